The third-order valence-corrected chi connectivity index (χ3v) is 6.07. The van der Waals surface area contributed by atoms with Crippen molar-refractivity contribution in [1.82, 2.24) is 5.32 Å². The van der Waals surface area contributed by atoms with Gasteiger partial charge in [-0.3, -0.25) is 0 Å². The van der Waals surface area contributed by atoms with Gasteiger partial charge in [0.05, 0.1) is 6.61 Å². The predicted octanol–water partition coefficient (Wildman–Crippen LogP) is 3.75. The Labute approximate surface area is 128 Å². The highest BCUT2D eigenvalue weighted by Crippen LogP contribution is 2.53. The van der Waals surface area contributed by atoms with E-state index in [-0.39, 0.29) is 0 Å². The summed E-state index contributed by atoms with van der Waals surface area (Å²) in [6.07, 6.45) is 7.52. The van der Waals surface area contributed by atoms with E-state index in [2.05, 4.69) is 29.6 Å². The molecule has 0 unspecified atom stereocenters. The topological polar surface area (TPSA) is 21.3 Å². The number of nitrogens with one attached hydrogen (secondary N) is 1. The first-order chi connectivity index (χ1) is 10.3. The van der Waals surface area contributed by atoms with Crippen molar-refractivity contribution in [3.8, 4) is 0 Å². The van der Waals surface area contributed by atoms with Gasteiger partial charge in [0.1, 0.15) is 0 Å². The van der Waals surface area contributed by atoms with Crippen LogP contribution in [-0.2, 0) is 17.9 Å². The van der Waals surface area contributed by atoms with E-state index in [1.54, 1.807) is 13.5 Å². The average Bonchev–Trinajstić information content (AvgIpc) is 2.46. The monoisotopic (exact) mass is 285 g/mol. The fourth-order valence-corrected chi connectivity index (χ4v) is 5.49. The highest BCUT2D eigenvalue weighted by Gasteiger charge is 2.47. The standard InChI is InChI=1S/C19H27NO/c1-21-12-14-4-2-3-13(5-14)11-20-19-17-7-15-6-16(9-17)10-18(19)8-15/h2-5,15-20H,6-12H2,1H3. The summed E-state index contributed by atoms with van der Waals surface area (Å²) < 4.78 is 5.23. The Morgan fingerprint density at radius 3 is 2.33 bits per heavy atom. The zero-order valence-electron chi connectivity index (χ0n) is 13.1. The van der Waals surface area contributed by atoms with E-state index in [4.69, 9.17) is 4.74 Å². The molecule has 0 aromatic heterocycles. The van der Waals surface area contributed by atoms with Crippen LogP contribution in [0.15, 0.2) is 24.3 Å². The minimum atomic E-state index is 0.714. The van der Waals surface area contributed by atoms with Crippen molar-refractivity contribution in [2.75, 3.05) is 7.11 Å². The van der Waals surface area contributed by atoms with Gasteiger partial charge in [0.15, 0.2) is 0 Å². The molecule has 4 aliphatic rings. The third-order valence-electron chi connectivity index (χ3n) is 6.07. The van der Waals surface area contributed by atoms with E-state index in [1.165, 1.54) is 36.8 Å². The van der Waals surface area contributed by atoms with Crippen molar-refractivity contribution in [2.24, 2.45) is 23.7 Å². The quantitative estimate of drug-likeness (QED) is 0.889. The van der Waals surface area contributed by atoms with Crippen LogP contribution in [0.5, 0.6) is 0 Å². The molecule has 4 aliphatic carbocycles. The van der Waals surface area contributed by atoms with Crippen molar-refractivity contribution in [2.45, 2.75) is 51.3 Å². The number of ether oxygens (including phenoxy) is 1. The Bertz CT molecular complexity index is 470. The predicted molar refractivity (Wildman–Crippen MR) is 84.8 cm³/mol. The molecule has 114 valence electrons. The number of hydrogen-bond acceptors (Lipinski definition) is 2. The summed E-state index contributed by atoms with van der Waals surface area (Å²) in [4.78, 5) is 0. The summed E-state index contributed by atoms with van der Waals surface area (Å²) >= 11 is 0. The van der Waals surface area contributed by atoms with Gasteiger partial charge in [0.2, 0.25) is 0 Å². The second kappa shape index (κ2) is 5.73. The number of rotatable bonds is 5. The number of benzene rings is 1. The fraction of sp³-hybridized carbons (Fsp3) is 0.684. The maximum Gasteiger partial charge on any atom is 0.0713 e. The van der Waals surface area contributed by atoms with E-state index < -0.39 is 0 Å². The smallest absolute Gasteiger partial charge is 0.0713 e. The van der Waals surface area contributed by atoms with Crippen LogP contribution in [0.25, 0.3) is 0 Å². The molecule has 0 aliphatic heterocycles. The van der Waals surface area contributed by atoms with E-state index in [1.807, 2.05) is 0 Å². The molecule has 5 rings (SSSR count). The minimum Gasteiger partial charge on any atom is -0.380 e. The van der Waals surface area contributed by atoms with Crippen LogP contribution in [0.3, 0.4) is 0 Å². The number of hydrogen-bond donors (Lipinski definition) is 1. The summed E-state index contributed by atoms with van der Waals surface area (Å²) in [5, 5.41) is 3.91. The van der Waals surface area contributed by atoms with Crippen LogP contribution >= 0.6 is 0 Å². The molecule has 4 fully saturated rings. The summed E-state index contributed by atoms with van der Waals surface area (Å²) in [6, 6.07) is 9.61. The van der Waals surface area contributed by atoms with E-state index in [0.717, 1.165) is 36.3 Å². The summed E-state index contributed by atoms with van der Waals surface area (Å²) in [5.41, 5.74) is 2.68. The van der Waals surface area contributed by atoms with Gasteiger partial charge in [-0.25, -0.2) is 0 Å². The van der Waals surface area contributed by atoms with Crippen LogP contribution in [0.1, 0.15) is 43.2 Å². The van der Waals surface area contributed by atoms with Crippen LogP contribution in [0.4, 0.5) is 0 Å². The fourth-order valence-electron chi connectivity index (χ4n) is 5.49. The van der Waals surface area contributed by atoms with Crippen LogP contribution < -0.4 is 5.32 Å². The molecule has 2 nitrogen and oxygen atoms in total. The van der Waals surface area contributed by atoms with Crippen molar-refractivity contribution in [3.05, 3.63) is 35.4 Å². The third kappa shape index (κ3) is 2.76. The van der Waals surface area contributed by atoms with Crippen LogP contribution in [0, 0.1) is 23.7 Å². The average molecular weight is 285 g/mol. The molecule has 4 saturated carbocycles. The summed E-state index contributed by atoms with van der Waals surface area (Å²) in [7, 11) is 1.76. The Hall–Kier alpha value is -0.860. The van der Waals surface area contributed by atoms with Gasteiger partial charge >= 0.3 is 0 Å². The molecule has 0 radical (unpaired) electrons. The largest absolute Gasteiger partial charge is 0.380 e. The lowest BCUT2D eigenvalue weighted by molar-refractivity contribution is -0.0142. The Kier molecular flexibility index (Phi) is 3.76. The highest BCUT2D eigenvalue weighted by atomic mass is 16.5. The Morgan fingerprint density at radius 1 is 1.00 bits per heavy atom. The van der Waals surface area contributed by atoms with E-state index in [9.17, 15) is 0 Å². The molecule has 0 amide bonds. The zero-order valence-corrected chi connectivity index (χ0v) is 13.1. The van der Waals surface area contributed by atoms with Gasteiger partial charge in [-0.15, -0.1) is 0 Å². The zero-order chi connectivity index (χ0) is 14.2. The van der Waals surface area contributed by atoms with Gasteiger partial charge < -0.3 is 10.1 Å². The van der Waals surface area contributed by atoms with Gasteiger partial charge in [0, 0.05) is 19.7 Å². The molecule has 1 aromatic rings. The van der Waals surface area contributed by atoms with Gasteiger partial charge in [-0.1, -0.05) is 24.3 Å². The molecule has 0 saturated heterocycles. The van der Waals surface area contributed by atoms with Crippen molar-refractivity contribution < 1.29 is 4.74 Å². The first-order valence-corrected chi connectivity index (χ1v) is 8.62. The molecule has 1 N–H and O–H groups in total. The van der Waals surface area contributed by atoms with Gasteiger partial charge in [-0.05, 0) is 66.9 Å². The van der Waals surface area contributed by atoms with E-state index >= 15 is 0 Å². The molecule has 1 aromatic carbocycles. The van der Waals surface area contributed by atoms with Crippen LogP contribution in [0.2, 0.25) is 0 Å². The van der Waals surface area contributed by atoms with Crippen LogP contribution in [-0.4, -0.2) is 13.2 Å². The van der Waals surface area contributed by atoms with E-state index in [0.29, 0.717) is 6.61 Å². The molecule has 0 atom stereocenters. The van der Waals surface area contributed by atoms with Gasteiger partial charge in [0.25, 0.3) is 0 Å². The normalized spacial score (nSPS) is 37.1. The maximum atomic E-state index is 5.23. The van der Waals surface area contributed by atoms with Crippen molar-refractivity contribution >= 4 is 0 Å². The summed E-state index contributed by atoms with van der Waals surface area (Å²) in [5.74, 6) is 4.05. The summed E-state index contributed by atoms with van der Waals surface area (Å²) in [6.45, 7) is 1.73. The Balaban J connectivity index is 1.39. The van der Waals surface area contributed by atoms with Crippen molar-refractivity contribution in [1.29, 1.82) is 0 Å². The molecule has 0 heterocycles. The Morgan fingerprint density at radius 2 is 1.67 bits per heavy atom. The molecule has 2 heteroatoms. The second-order valence-corrected chi connectivity index (χ2v) is 7.59. The second-order valence-electron chi connectivity index (χ2n) is 7.59. The SMILES string of the molecule is COCc1cccc(CNC2C3CC4CC(C3)CC2C4)c1. The lowest BCUT2D eigenvalue weighted by Crippen LogP contribution is -2.54. The molecule has 4 bridgehead atoms. The molecular formula is C19H27NO. The molecular weight excluding hydrogens is 258 g/mol. The lowest BCUT2D eigenvalue weighted by atomic mass is 9.54. The molecule has 21 heavy (non-hydrogen) atoms. The van der Waals surface area contributed by atoms with Gasteiger partial charge in [-0.2, -0.15) is 0 Å². The maximum absolute atomic E-state index is 5.23. The first-order valence-electron chi connectivity index (χ1n) is 8.62. The highest BCUT2D eigenvalue weighted by molar-refractivity contribution is 5.23. The number of methoxy groups -OCH3 is 1. The minimum absolute atomic E-state index is 0.714. The molecule has 0 spiro atoms. The van der Waals surface area contributed by atoms with Crippen molar-refractivity contribution in [3.63, 3.8) is 0 Å². The first kappa shape index (κ1) is 13.8. The lowest BCUT2D eigenvalue weighted by Gasteiger charge is -2.54.